The first kappa shape index (κ1) is 21.7. The molecule has 31 heavy (non-hydrogen) atoms. The highest BCUT2D eigenvalue weighted by Crippen LogP contribution is 2.52. The Labute approximate surface area is 192 Å². The number of anilines is 1. The highest BCUT2D eigenvalue weighted by atomic mass is 32.2. The van der Waals surface area contributed by atoms with E-state index < -0.39 is 5.92 Å². The second-order valence-electron chi connectivity index (χ2n) is 9.07. The van der Waals surface area contributed by atoms with Gasteiger partial charge >= 0.3 is 0 Å². The summed E-state index contributed by atoms with van der Waals surface area (Å²) >= 11 is 3.37. The van der Waals surface area contributed by atoms with Gasteiger partial charge in [-0.25, -0.2) is 0 Å². The molecule has 0 amide bonds. The van der Waals surface area contributed by atoms with Crippen molar-refractivity contribution >= 4 is 34.6 Å². The maximum atomic E-state index is 13.6. The third kappa shape index (κ3) is 3.60. The predicted octanol–water partition coefficient (Wildman–Crippen LogP) is 6.03. The Morgan fingerprint density at radius 1 is 1.26 bits per heavy atom. The number of nitrogens with two attached hydrogens (primary N) is 1. The van der Waals surface area contributed by atoms with Gasteiger partial charge in [-0.15, -0.1) is 23.1 Å². The van der Waals surface area contributed by atoms with E-state index in [0.717, 1.165) is 38.7 Å². The number of nitriles is 1. The van der Waals surface area contributed by atoms with Crippen molar-refractivity contribution in [3.63, 3.8) is 0 Å². The van der Waals surface area contributed by atoms with Crippen molar-refractivity contribution in [3.05, 3.63) is 69.0 Å². The third-order valence-electron chi connectivity index (χ3n) is 6.08. The molecule has 0 fully saturated rings. The lowest BCUT2D eigenvalue weighted by Crippen LogP contribution is -2.42. The Balaban J connectivity index is 2.04. The quantitative estimate of drug-likeness (QED) is 0.580. The van der Waals surface area contributed by atoms with Gasteiger partial charge in [0.15, 0.2) is 5.78 Å². The monoisotopic (exact) mass is 449 g/mol. The minimum atomic E-state index is -0.406. The van der Waals surface area contributed by atoms with Crippen molar-refractivity contribution in [2.75, 3.05) is 11.2 Å². The van der Waals surface area contributed by atoms with Gasteiger partial charge < -0.3 is 5.73 Å². The van der Waals surface area contributed by atoms with Crippen molar-refractivity contribution in [1.29, 1.82) is 5.26 Å². The number of hydrogen-bond acceptors (Lipinski definition) is 6. The number of Topliss-reactive ketones (excluding diaryl/α,β-unsaturated/α-hetero) is 1. The van der Waals surface area contributed by atoms with E-state index >= 15 is 0 Å². The van der Waals surface area contributed by atoms with Gasteiger partial charge in [0, 0.05) is 22.6 Å². The number of hydrogen-bond donors (Lipinski definition) is 1. The van der Waals surface area contributed by atoms with Gasteiger partial charge in [-0.2, -0.15) is 5.26 Å². The molecule has 0 unspecified atom stereocenters. The van der Waals surface area contributed by atoms with Gasteiger partial charge in [-0.05, 0) is 55.2 Å². The van der Waals surface area contributed by atoms with E-state index in [1.54, 1.807) is 23.1 Å². The molecule has 160 valence electrons. The molecule has 2 aliphatic rings. The lowest BCUT2D eigenvalue weighted by Gasteiger charge is -2.44. The topological polar surface area (TPSA) is 70.1 Å². The second kappa shape index (κ2) is 7.89. The van der Waals surface area contributed by atoms with Crippen molar-refractivity contribution < 1.29 is 4.79 Å². The van der Waals surface area contributed by atoms with E-state index in [-0.39, 0.29) is 11.2 Å². The average Bonchev–Trinajstić information content (AvgIpc) is 3.07. The first-order valence-electron chi connectivity index (χ1n) is 10.3. The maximum Gasteiger partial charge on any atom is 0.162 e. The van der Waals surface area contributed by atoms with Crippen LogP contribution in [-0.2, 0) is 4.79 Å². The van der Waals surface area contributed by atoms with Gasteiger partial charge in [0.1, 0.15) is 5.82 Å². The highest BCUT2D eigenvalue weighted by molar-refractivity contribution is 8.00. The van der Waals surface area contributed by atoms with Crippen molar-refractivity contribution in [3.8, 4) is 6.07 Å². The number of para-hydroxylation sites is 1. The van der Waals surface area contributed by atoms with Crippen LogP contribution in [0.4, 0.5) is 5.69 Å². The molecule has 0 saturated heterocycles. The number of thiophene rings is 1. The van der Waals surface area contributed by atoms with Crippen LogP contribution in [0.5, 0.6) is 0 Å². The largest absolute Gasteiger partial charge is 0.384 e. The molecule has 1 aliphatic carbocycles. The molecule has 1 atom stereocenters. The van der Waals surface area contributed by atoms with Gasteiger partial charge in [0.25, 0.3) is 0 Å². The standard InChI is InChI=1S/C25H27N3OS2/c1-14-8-6-7-9-18(14)28-19-11-25(3,4)12-20(29)22(19)21(17(13-26)23(28)27)16-10-15(2)31-24(16)30-5/h6-10,21H,11-12,27H2,1-5H3/t21-/m0/s1. The summed E-state index contributed by atoms with van der Waals surface area (Å²) < 4.78 is 1.14. The minimum absolute atomic E-state index is 0.117. The van der Waals surface area contributed by atoms with Crippen molar-refractivity contribution in [1.82, 2.24) is 0 Å². The normalized spacial score (nSPS) is 20.7. The Bertz CT molecular complexity index is 1180. The molecular weight excluding hydrogens is 422 g/mol. The zero-order chi connectivity index (χ0) is 22.5. The minimum Gasteiger partial charge on any atom is -0.384 e. The van der Waals surface area contributed by atoms with E-state index in [9.17, 15) is 10.1 Å². The van der Waals surface area contributed by atoms with Crippen LogP contribution in [0.1, 0.15) is 48.6 Å². The molecule has 1 aromatic heterocycles. The predicted molar refractivity (Wildman–Crippen MR) is 129 cm³/mol. The smallest absolute Gasteiger partial charge is 0.162 e. The molecule has 0 spiro atoms. The Hall–Kier alpha value is -2.49. The fraction of sp³-hybridized carbons (Fsp3) is 0.360. The summed E-state index contributed by atoms with van der Waals surface area (Å²) in [5.74, 6) is 0.143. The summed E-state index contributed by atoms with van der Waals surface area (Å²) in [7, 11) is 0. The summed E-state index contributed by atoms with van der Waals surface area (Å²) in [4.78, 5) is 16.7. The molecule has 0 bridgehead atoms. The number of carbonyl (C=O) groups is 1. The molecular formula is C25H27N3OS2. The van der Waals surface area contributed by atoms with E-state index in [2.05, 4.69) is 32.9 Å². The van der Waals surface area contributed by atoms with Crippen LogP contribution < -0.4 is 10.6 Å². The van der Waals surface area contributed by atoms with Crippen LogP contribution >= 0.6 is 23.1 Å². The molecule has 0 saturated carbocycles. The average molecular weight is 450 g/mol. The van der Waals surface area contributed by atoms with Crippen LogP contribution in [0.2, 0.25) is 0 Å². The van der Waals surface area contributed by atoms with Crippen LogP contribution in [0.3, 0.4) is 0 Å². The fourth-order valence-corrected chi connectivity index (χ4v) is 6.70. The van der Waals surface area contributed by atoms with E-state index in [1.165, 1.54) is 4.88 Å². The highest BCUT2D eigenvalue weighted by Gasteiger charge is 2.45. The molecule has 2 heterocycles. The first-order valence-corrected chi connectivity index (χ1v) is 12.4. The van der Waals surface area contributed by atoms with Gasteiger partial charge in [0.05, 0.1) is 27.5 Å². The Morgan fingerprint density at radius 2 is 1.97 bits per heavy atom. The molecule has 1 aliphatic heterocycles. The summed E-state index contributed by atoms with van der Waals surface area (Å²) in [6.07, 6.45) is 3.24. The number of benzene rings is 1. The molecule has 2 aromatic rings. The van der Waals surface area contributed by atoms with E-state index in [4.69, 9.17) is 5.73 Å². The molecule has 4 nitrogen and oxygen atoms in total. The van der Waals surface area contributed by atoms with Gasteiger partial charge in [0.2, 0.25) is 0 Å². The second-order valence-corrected chi connectivity index (χ2v) is 11.4. The van der Waals surface area contributed by atoms with Crippen molar-refractivity contribution in [2.45, 2.75) is 50.7 Å². The number of thioether (sulfide) groups is 1. The summed E-state index contributed by atoms with van der Waals surface area (Å²) in [6, 6.07) is 12.5. The van der Waals surface area contributed by atoms with Gasteiger partial charge in [-0.1, -0.05) is 32.0 Å². The van der Waals surface area contributed by atoms with E-state index in [0.29, 0.717) is 17.8 Å². The van der Waals surface area contributed by atoms with Crippen LogP contribution in [0.15, 0.2) is 57.2 Å². The molecule has 2 N–H and O–H groups in total. The summed E-state index contributed by atoms with van der Waals surface area (Å²) in [6.45, 7) is 8.35. The van der Waals surface area contributed by atoms with Crippen LogP contribution in [-0.4, -0.2) is 12.0 Å². The number of rotatable bonds is 3. The number of ketones is 1. The summed E-state index contributed by atoms with van der Waals surface area (Å²) in [5, 5.41) is 10.2. The van der Waals surface area contributed by atoms with Crippen LogP contribution in [0.25, 0.3) is 0 Å². The number of allylic oxidation sites excluding steroid dienone is 3. The summed E-state index contributed by atoms with van der Waals surface area (Å²) in [5.41, 5.74) is 11.7. The SMILES string of the molecule is CSc1sc(C)cc1[C@H]1C(C#N)=C(N)N(c2ccccc2C)C2=C1C(=O)CC(C)(C)C2. The fourth-order valence-electron chi connectivity index (χ4n) is 4.78. The Morgan fingerprint density at radius 3 is 2.61 bits per heavy atom. The molecule has 6 heteroatoms. The van der Waals surface area contributed by atoms with Gasteiger partial charge in [-0.3, -0.25) is 9.69 Å². The first-order chi connectivity index (χ1) is 14.7. The number of aryl methyl sites for hydroxylation is 2. The lowest BCUT2D eigenvalue weighted by atomic mass is 9.69. The third-order valence-corrected chi connectivity index (χ3v) is 8.30. The maximum absolute atomic E-state index is 13.6. The lowest BCUT2D eigenvalue weighted by molar-refractivity contribution is -0.118. The van der Waals surface area contributed by atoms with Crippen molar-refractivity contribution in [2.24, 2.45) is 11.1 Å². The zero-order valence-electron chi connectivity index (χ0n) is 18.6. The number of carbonyl (C=O) groups excluding carboxylic acids is 1. The molecule has 1 aromatic carbocycles. The van der Waals surface area contributed by atoms with Crippen LogP contribution in [0, 0.1) is 30.6 Å². The zero-order valence-corrected chi connectivity index (χ0v) is 20.2. The number of nitrogens with zero attached hydrogens (tertiary/aromatic N) is 2. The van der Waals surface area contributed by atoms with E-state index in [1.807, 2.05) is 42.3 Å². The molecule has 0 radical (unpaired) electrons. The Kier molecular flexibility index (Phi) is 5.53. The molecule has 4 rings (SSSR count).